The van der Waals surface area contributed by atoms with Gasteiger partial charge in [-0.15, -0.1) is 0 Å². The third-order valence-corrected chi connectivity index (χ3v) is 6.52. The molecule has 4 aromatic rings. The molecule has 1 N–H and O–H groups in total. The molecule has 0 atom stereocenters. The summed E-state index contributed by atoms with van der Waals surface area (Å²) >= 11 is 0. The Balaban J connectivity index is 1.84. The van der Waals surface area contributed by atoms with Gasteiger partial charge in [-0.2, -0.15) is 0 Å². The Bertz CT molecular complexity index is 1330. The number of methoxy groups -OCH3 is 1. The zero-order valence-corrected chi connectivity index (χ0v) is 21.8. The molecule has 0 amide bonds. The number of carbonyl (C=O) groups is 1. The third kappa shape index (κ3) is 5.09. The number of H-pyrrole nitrogens is 1. The highest BCUT2D eigenvalue weighted by molar-refractivity contribution is 6.13. The van der Waals surface area contributed by atoms with E-state index in [0.717, 1.165) is 22.4 Å². The van der Waals surface area contributed by atoms with E-state index in [0.29, 0.717) is 17.0 Å². The quantitative estimate of drug-likeness (QED) is 0.302. The fraction of sp³-hybridized carbons (Fsp3) is 0.281. The summed E-state index contributed by atoms with van der Waals surface area (Å²) in [6.07, 6.45) is 0. The molecule has 0 saturated carbocycles. The fourth-order valence-electron chi connectivity index (χ4n) is 4.28. The molecular formula is C32H35NO2. The zero-order chi connectivity index (χ0) is 25.4. The van der Waals surface area contributed by atoms with Gasteiger partial charge in [0.25, 0.3) is 0 Å². The summed E-state index contributed by atoms with van der Waals surface area (Å²) in [5, 5.41) is 0. The van der Waals surface area contributed by atoms with Gasteiger partial charge in [-0.05, 0) is 51.3 Å². The number of para-hydroxylation sites is 1. The molecule has 0 fully saturated rings. The number of benzene rings is 3. The number of hydrogen-bond acceptors (Lipinski definition) is 2. The highest BCUT2D eigenvalue weighted by atomic mass is 16.5. The van der Waals surface area contributed by atoms with Gasteiger partial charge in [-0.3, -0.25) is 4.79 Å². The van der Waals surface area contributed by atoms with Crippen molar-refractivity contribution < 1.29 is 9.53 Å². The molecule has 0 aliphatic rings. The number of nitrogens with one attached hydrogen (secondary N) is 1. The van der Waals surface area contributed by atoms with Gasteiger partial charge in [-0.25, -0.2) is 0 Å². The molecule has 35 heavy (non-hydrogen) atoms. The van der Waals surface area contributed by atoms with Crippen molar-refractivity contribution in [3.63, 3.8) is 0 Å². The van der Waals surface area contributed by atoms with E-state index < -0.39 is 0 Å². The number of aromatic nitrogens is 1. The Kier molecular flexibility index (Phi) is 6.46. The molecule has 1 aromatic heterocycles. The summed E-state index contributed by atoms with van der Waals surface area (Å²) in [5.74, 6) is 0.479. The van der Waals surface area contributed by atoms with Crippen molar-refractivity contribution >= 4 is 5.78 Å². The van der Waals surface area contributed by atoms with Gasteiger partial charge in [0.1, 0.15) is 5.75 Å². The average molecular weight is 466 g/mol. The molecule has 3 aromatic carbocycles. The summed E-state index contributed by atoms with van der Waals surface area (Å²) in [4.78, 5) is 17.2. The first-order valence-corrected chi connectivity index (χ1v) is 12.1. The predicted octanol–water partition coefficient (Wildman–Crippen LogP) is 8.18. The van der Waals surface area contributed by atoms with Crippen molar-refractivity contribution in [1.82, 2.24) is 4.98 Å². The van der Waals surface area contributed by atoms with E-state index in [1.54, 1.807) is 7.11 Å². The van der Waals surface area contributed by atoms with Crippen molar-refractivity contribution in [2.45, 2.75) is 52.4 Å². The minimum absolute atomic E-state index is 0.0622. The number of aromatic amines is 1. The minimum atomic E-state index is -0.0880. The van der Waals surface area contributed by atoms with Gasteiger partial charge >= 0.3 is 0 Å². The van der Waals surface area contributed by atoms with Crippen LogP contribution in [-0.2, 0) is 10.8 Å². The number of hydrogen-bond donors (Lipinski definition) is 1. The van der Waals surface area contributed by atoms with Crippen LogP contribution in [0.3, 0.4) is 0 Å². The van der Waals surface area contributed by atoms with Crippen LogP contribution < -0.4 is 4.74 Å². The van der Waals surface area contributed by atoms with Crippen molar-refractivity contribution in [1.29, 1.82) is 0 Å². The van der Waals surface area contributed by atoms with Gasteiger partial charge in [-0.1, -0.05) is 102 Å². The Morgan fingerprint density at radius 1 is 0.714 bits per heavy atom. The topological polar surface area (TPSA) is 42.1 Å². The summed E-state index contributed by atoms with van der Waals surface area (Å²) in [6.45, 7) is 13.2. The molecule has 0 bridgehead atoms. The van der Waals surface area contributed by atoms with Crippen LogP contribution in [0.15, 0.2) is 78.9 Å². The molecular weight excluding hydrogens is 430 g/mol. The maximum atomic E-state index is 13.8. The molecule has 0 spiro atoms. The van der Waals surface area contributed by atoms with Gasteiger partial charge in [0, 0.05) is 11.3 Å². The van der Waals surface area contributed by atoms with Crippen molar-refractivity contribution in [2.24, 2.45) is 0 Å². The highest BCUT2D eigenvalue weighted by Gasteiger charge is 2.23. The molecule has 3 heteroatoms. The second kappa shape index (κ2) is 9.22. The highest BCUT2D eigenvalue weighted by Crippen LogP contribution is 2.35. The molecule has 4 rings (SSSR count). The van der Waals surface area contributed by atoms with Gasteiger partial charge < -0.3 is 9.72 Å². The minimum Gasteiger partial charge on any atom is -0.496 e. The van der Waals surface area contributed by atoms with Gasteiger partial charge in [0.2, 0.25) is 5.78 Å². The smallest absolute Gasteiger partial charge is 0.213 e. The lowest BCUT2D eigenvalue weighted by Crippen LogP contribution is -2.10. The fourth-order valence-corrected chi connectivity index (χ4v) is 4.28. The number of ketones is 1. The predicted molar refractivity (Wildman–Crippen MR) is 145 cm³/mol. The van der Waals surface area contributed by atoms with E-state index in [-0.39, 0.29) is 16.6 Å². The summed E-state index contributed by atoms with van der Waals surface area (Å²) in [6, 6.07) is 26.5. The number of rotatable bonds is 5. The van der Waals surface area contributed by atoms with Crippen molar-refractivity contribution in [3.8, 4) is 28.1 Å². The monoisotopic (exact) mass is 465 g/mol. The largest absolute Gasteiger partial charge is 0.496 e. The van der Waals surface area contributed by atoms with Crippen LogP contribution in [0, 0.1) is 0 Å². The molecule has 1 heterocycles. The van der Waals surface area contributed by atoms with Crippen molar-refractivity contribution in [2.75, 3.05) is 7.11 Å². The maximum Gasteiger partial charge on any atom is 0.213 e. The Labute approximate surface area is 209 Å². The normalized spacial score (nSPS) is 12.0. The zero-order valence-electron chi connectivity index (χ0n) is 21.8. The van der Waals surface area contributed by atoms with E-state index in [9.17, 15) is 4.79 Å². The van der Waals surface area contributed by atoms with Crippen LogP contribution in [-0.4, -0.2) is 17.9 Å². The number of carbonyl (C=O) groups excluding carboxylic acids is 1. The van der Waals surface area contributed by atoms with Gasteiger partial charge in [0.05, 0.1) is 18.4 Å². The molecule has 0 aliphatic carbocycles. The van der Waals surface area contributed by atoms with Crippen LogP contribution in [0.25, 0.3) is 22.4 Å². The van der Waals surface area contributed by atoms with E-state index in [4.69, 9.17) is 4.74 Å². The lowest BCUT2D eigenvalue weighted by atomic mass is 9.86. The standard InChI is InChI=1S/C32H35NO2/c1-31(2,3)23-16-12-21(13-17-23)26-20-27(22-14-18-24(19-15-22)32(4,5)6)33-29(26)30(34)25-10-8-9-11-28(25)35-7/h8-20,33H,1-7H3. The molecule has 0 aliphatic heterocycles. The number of ether oxygens (including phenoxy) is 1. The van der Waals surface area contributed by atoms with E-state index in [1.807, 2.05) is 24.3 Å². The maximum absolute atomic E-state index is 13.8. The van der Waals surface area contributed by atoms with Gasteiger partial charge in [0.15, 0.2) is 0 Å². The molecule has 3 nitrogen and oxygen atoms in total. The van der Waals surface area contributed by atoms with Crippen molar-refractivity contribution in [3.05, 3.63) is 101 Å². The average Bonchev–Trinajstić information content (AvgIpc) is 3.28. The Morgan fingerprint density at radius 2 is 1.23 bits per heavy atom. The van der Waals surface area contributed by atoms with Crippen LogP contribution >= 0.6 is 0 Å². The first-order valence-electron chi connectivity index (χ1n) is 12.1. The summed E-state index contributed by atoms with van der Waals surface area (Å²) in [5.41, 5.74) is 7.63. The van der Waals surface area contributed by atoms with Crippen LogP contribution in [0.4, 0.5) is 0 Å². The Morgan fingerprint density at radius 3 is 1.74 bits per heavy atom. The van der Waals surface area contributed by atoms with E-state index in [2.05, 4.69) is 101 Å². The third-order valence-electron chi connectivity index (χ3n) is 6.52. The molecule has 180 valence electrons. The SMILES string of the molecule is COc1ccccc1C(=O)c1[nH]c(-c2ccc(C(C)(C)C)cc2)cc1-c1ccc(C(C)(C)C)cc1. The summed E-state index contributed by atoms with van der Waals surface area (Å²) in [7, 11) is 1.59. The van der Waals surface area contributed by atoms with Crippen LogP contribution in [0.2, 0.25) is 0 Å². The lowest BCUT2D eigenvalue weighted by molar-refractivity contribution is 0.103. The molecule has 0 radical (unpaired) electrons. The first-order chi connectivity index (χ1) is 16.5. The van der Waals surface area contributed by atoms with Crippen LogP contribution in [0.5, 0.6) is 5.75 Å². The van der Waals surface area contributed by atoms with E-state index >= 15 is 0 Å². The summed E-state index contributed by atoms with van der Waals surface area (Å²) < 4.78 is 5.49. The first kappa shape index (κ1) is 24.5. The second-order valence-electron chi connectivity index (χ2n) is 11.2. The Hall–Kier alpha value is -3.59. The van der Waals surface area contributed by atoms with Crippen LogP contribution in [0.1, 0.15) is 68.7 Å². The molecule has 0 unspecified atom stereocenters. The molecule has 0 saturated heterocycles. The van der Waals surface area contributed by atoms with E-state index in [1.165, 1.54) is 11.1 Å². The second-order valence-corrected chi connectivity index (χ2v) is 11.2. The lowest BCUT2D eigenvalue weighted by Gasteiger charge is -2.19.